The van der Waals surface area contributed by atoms with Crippen molar-refractivity contribution in [3.8, 4) is 22.5 Å². The molecule has 1 aliphatic heterocycles. The van der Waals surface area contributed by atoms with Crippen molar-refractivity contribution in [2.45, 2.75) is 77.5 Å². The van der Waals surface area contributed by atoms with Crippen molar-refractivity contribution in [2.24, 2.45) is 23.7 Å². The maximum atomic E-state index is 13.9. The van der Waals surface area contributed by atoms with Gasteiger partial charge in [0.1, 0.15) is 17.3 Å². The summed E-state index contributed by atoms with van der Waals surface area (Å²) >= 11 is 0. The lowest BCUT2D eigenvalue weighted by Crippen LogP contribution is -2.48. The number of H-pyrrole nitrogens is 1. The normalized spacial score (nSPS) is 21.4. The van der Waals surface area contributed by atoms with E-state index in [-0.39, 0.29) is 53.9 Å². The van der Waals surface area contributed by atoms with Gasteiger partial charge in [-0.3, -0.25) is 14.4 Å². The van der Waals surface area contributed by atoms with Crippen LogP contribution in [0.3, 0.4) is 0 Å². The number of pyridine rings is 1. The number of benzene rings is 2. The number of fused-ring (bicyclic) bond motifs is 1. The van der Waals surface area contributed by atoms with Gasteiger partial charge < -0.3 is 36.0 Å². The Balaban J connectivity index is 0.980. The van der Waals surface area contributed by atoms with Crippen LogP contribution in [0, 0.1) is 30.6 Å². The van der Waals surface area contributed by atoms with Crippen LogP contribution < -0.4 is 21.3 Å². The summed E-state index contributed by atoms with van der Waals surface area (Å²) in [7, 11) is 0. The lowest BCUT2D eigenvalue weighted by atomic mass is 9.81. The molecular formula is C42H50N10O7. The molecule has 4 aromatic rings. The number of aryl methyl sites for hydroxylation is 1. The lowest BCUT2D eigenvalue weighted by Gasteiger charge is -2.29. The molecule has 1 saturated heterocycles. The maximum Gasteiger partial charge on any atom is 0.407 e. The highest BCUT2D eigenvalue weighted by Crippen LogP contribution is 2.45. The van der Waals surface area contributed by atoms with Crippen LogP contribution in [0.4, 0.5) is 15.3 Å². The second-order valence-electron chi connectivity index (χ2n) is 16.7. The highest BCUT2D eigenvalue weighted by molar-refractivity contribution is 5.98. The molecule has 17 heteroatoms. The van der Waals surface area contributed by atoms with Gasteiger partial charge in [-0.05, 0) is 106 Å². The van der Waals surface area contributed by atoms with Gasteiger partial charge in [-0.25, -0.2) is 14.6 Å². The number of nitrogens with one attached hydrogen (secondary N) is 5. The number of aromatic nitrogens is 5. The van der Waals surface area contributed by atoms with Crippen LogP contribution in [0.5, 0.6) is 0 Å². The van der Waals surface area contributed by atoms with Gasteiger partial charge in [-0.15, -0.1) is 10.2 Å². The average molecular weight is 807 g/mol. The topological polar surface area (TPSA) is 234 Å². The first kappa shape index (κ1) is 40.8. The number of likely N-dealkylation sites (tertiary alicyclic amines) is 1. The predicted octanol–water partition coefficient (Wildman–Crippen LogP) is 4.57. The Kier molecular flexibility index (Phi) is 11.9. The van der Waals surface area contributed by atoms with Crippen LogP contribution in [0.25, 0.3) is 22.5 Å². The van der Waals surface area contributed by atoms with E-state index < -0.39 is 23.8 Å². The third-order valence-electron chi connectivity index (χ3n) is 11.3. The highest BCUT2D eigenvalue weighted by atomic mass is 16.6. The fourth-order valence-electron chi connectivity index (χ4n) is 8.06. The molecule has 3 atom stereocenters. The zero-order valence-corrected chi connectivity index (χ0v) is 33.5. The Bertz CT molecular complexity index is 2150. The van der Waals surface area contributed by atoms with Gasteiger partial charge in [0.2, 0.25) is 17.6 Å². The minimum atomic E-state index is -0.932. The smallest absolute Gasteiger partial charge is 0.407 e. The van der Waals surface area contributed by atoms with Crippen molar-refractivity contribution < 1.29 is 33.8 Å². The fourth-order valence-corrected chi connectivity index (χ4v) is 8.06. The molecule has 3 aliphatic rings. The molecule has 0 bridgehead atoms. The van der Waals surface area contributed by atoms with Gasteiger partial charge >= 0.3 is 12.2 Å². The van der Waals surface area contributed by atoms with E-state index in [1.54, 1.807) is 30.3 Å². The lowest BCUT2D eigenvalue weighted by molar-refractivity contribution is -0.130. The minimum Gasteiger partial charge on any atom is -0.465 e. The molecule has 2 saturated carbocycles. The van der Waals surface area contributed by atoms with E-state index in [1.807, 2.05) is 58.0 Å². The first-order valence-corrected chi connectivity index (χ1v) is 20.0. The predicted molar refractivity (Wildman–Crippen MR) is 216 cm³/mol. The molecule has 6 N–H and O–H groups in total. The van der Waals surface area contributed by atoms with Crippen molar-refractivity contribution >= 4 is 35.6 Å². The van der Waals surface area contributed by atoms with Gasteiger partial charge in [-0.1, -0.05) is 30.3 Å². The molecule has 5 amide bonds. The summed E-state index contributed by atoms with van der Waals surface area (Å²) in [5.41, 5.74) is 4.19. The van der Waals surface area contributed by atoms with Gasteiger partial charge in [0.15, 0.2) is 0 Å². The van der Waals surface area contributed by atoms with Gasteiger partial charge in [0.25, 0.3) is 5.91 Å². The summed E-state index contributed by atoms with van der Waals surface area (Å²) in [4.78, 5) is 69.9. The SMILES string of the molecule is Cc1nc(C(=O)NC2C3CN(C(=O)O)CC32)ccc1-c1ccc(C[C@H](NC(=O)C2CCC(CNC(=O)OC(C)(C)C)CC2)C(=O)Nc2ccc(-c3nn[nH]n3)cc2)cc1. The number of nitrogens with zero attached hydrogens (tertiary/aromatic N) is 5. The second-order valence-corrected chi connectivity index (χ2v) is 16.7. The molecule has 2 unspecified atom stereocenters. The molecule has 2 aromatic carbocycles. The van der Waals surface area contributed by atoms with E-state index >= 15 is 0 Å². The zero-order chi connectivity index (χ0) is 41.8. The second kappa shape index (κ2) is 17.2. The number of carbonyl (C=O) groups excluding carboxylic acids is 4. The van der Waals surface area contributed by atoms with E-state index in [9.17, 15) is 29.1 Å². The Morgan fingerprint density at radius 3 is 2.20 bits per heavy atom. The molecule has 3 heterocycles. The number of alkyl carbamates (subject to hydrolysis) is 1. The Morgan fingerprint density at radius 1 is 0.915 bits per heavy atom. The largest absolute Gasteiger partial charge is 0.465 e. The van der Waals surface area contributed by atoms with Gasteiger partial charge in [-0.2, -0.15) is 5.21 Å². The van der Waals surface area contributed by atoms with Crippen molar-refractivity contribution in [3.05, 3.63) is 77.6 Å². The summed E-state index contributed by atoms with van der Waals surface area (Å²) in [6.45, 7) is 8.62. The number of rotatable bonds is 12. The average Bonchev–Trinajstić information content (AvgIpc) is 3.57. The van der Waals surface area contributed by atoms with Crippen LogP contribution in [0.15, 0.2) is 60.7 Å². The third kappa shape index (κ3) is 10.2. The Morgan fingerprint density at radius 2 is 1.59 bits per heavy atom. The standard InChI is InChI=1S/C42H50N10O7/c1-23-30(17-18-33(44-23)38(54)47-35-31-21-52(41(57)58)22-32(31)35)26-9-5-24(6-10-26)19-34(39(55)45-29-15-13-27(14-16-29)36-48-50-51-49-36)46-37(53)28-11-7-25(8-12-28)20-43-40(56)59-42(2,3)4/h5-6,9-10,13-18,25,28,31-32,34-35H,7-8,11-12,19-22H2,1-4H3,(H,43,56)(H,45,55)(H,46,53)(H,47,54)(H,57,58)(H,48,49,50,51)/t25?,28?,31?,32?,34-,35?/m0/s1. The Labute approximate surface area is 341 Å². The Hall–Kier alpha value is -6.39. The number of carboxylic acid groups (broad SMARTS) is 1. The van der Waals surface area contributed by atoms with Gasteiger partial charge in [0.05, 0.1) is 0 Å². The van der Waals surface area contributed by atoms with Crippen LogP contribution in [0.2, 0.25) is 0 Å². The van der Waals surface area contributed by atoms with Crippen molar-refractivity contribution in [2.75, 3.05) is 25.0 Å². The first-order chi connectivity index (χ1) is 28.2. The van der Waals surface area contributed by atoms with E-state index in [0.29, 0.717) is 55.4 Å². The highest BCUT2D eigenvalue weighted by Gasteiger charge is 2.57. The van der Waals surface area contributed by atoms with Crippen LogP contribution in [-0.2, 0) is 20.7 Å². The third-order valence-corrected chi connectivity index (χ3v) is 11.3. The number of carbonyl (C=O) groups is 5. The van der Waals surface area contributed by atoms with Crippen LogP contribution in [0.1, 0.15) is 68.2 Å². The molecule has 17 nitrogen and oxygen atoms in total. The number of piperidine rings is 1. The zero-order valence-electron chi connectivity index (χ0n) is 33.5. The van der Waals surface area contributed by atoms with E-state index in [1.165, 1.54) is 4.90 Å². The summed E-state index contributed by atoms with van der Waals surface area (Å²) in [6, 6.07) is 17.3. The minimum absolute atomic E-state index is 0.0405. The number of tetrazole rings is 1. The molecule has 0 radical (unpaired) electrons. The van der Waals surface area contributed by atoms with E-state index in [4.69, 9.17) is 4.74 Å². The molecule has 59 heavy (non-hydrogen) atoms. The molecule has 310 valence electrons. The summed E-state index contributed by atoms with van der Waals surface area (Å²) < 4.78 is 5.35. The van der Waals surface area contributed by atoms with Crippen molar-refractivity contribution in [1.82, 2.24) is 46.5 Å². The first-order valence-electron chi connectivity index (χ1n) is 20.0. The number of hydrogen-bond donors (Lipinski definition) is 6. The molecule has 0 spiro atoms. The number of amides is 5. The monoisotopic (exact) mass is 806 g/mol. The van der Waals surface area contributed by atoms with Crippen LogP contribution >= 0.6 is 0 Å². The van der Waals surface area contributed by atoms with Crippen LogP contribution in [-0.4, -0.2) is 103 Å². The molecule has 2 aromatic heterocycles. The number of aromatic amines is 1. The number of anilines is 1. The number of ether oxygens (including phenoxy) is 1. The van der Waals surface area contributed by atoms with Gasteiger partial charge in [0, 0.05) is 72.4 Å². The number of hydrogen-bond acceptors (Lipinski definition) is 10. The van der Waals surface area contributed by atoms with Crippen molar-refractivity contribution in [3.63, 3.8) is 0 Å². The van der Waals surface area contributed by atoms with E-state index in [2.05, 4.69) is 46.9 Å². The van der Waals surface area contributed by atoms with Crippen molar-refractivity contribution in [1.29, 1.82) is 0 Å². The summed E-state index contributed by atoms with van der Waals surface area (Å²) in [6.07, 6.45) is 1.63. The molecule has 2 aliphatic carbocycles. The summed E-state index contributed by atoms with van der Waals surface area (Å²) in [5, 5.41) is 35.1. The fraction of sp³-hybridized carbons (Fsp3) is 0.452. The van der Waals surface area contributed by atoms with E-state index in [0.717, 1.165) is 35.1 Å². The molecule has 3 fully saturated rings. The maximum absolute atomic E-state index is 13.9. The quantitative estimate of drug-likeness (QED) is 0.116. The molecular weight excluding hydrogens is 757 g/mol. The summed E-state index contributed by atoms with van der Waals surface area (Å²) in [5.74, 6) is -0.178. The molecule has 7 rings (SSSR count).